The maximum atomic E-state index is 9.09. The highest BCUT2D eigenvalue weighted by Crippen LogP contribution is 2.38. The molecule has 1 aromatic carbocycles. The van der Waals surface area contributed by atoms with Crippen molar-refractivity contribution in [1.82, 2.24) is 0 Å². The van der Waals surface area contributed by atoms with Crippen LogP contribution in [0.2, 0.25) is 5.02 Å². The Labute approximate surface area is 82.5 Å². The molecule has 0 bridgehead atoms. The first-order valence-electron chi connectivity index (χ1n) is 4.39. The van der Waals surface area contributed by atoms with E-state index in [1.165, 1.54) is 0 Å². The smallest absolute Gasteiger partial charge is 0.0661 e. The lowest BCUT2D eigenvalue weighted by Crippen LogP contribution is -2.25. The molecule has 0 aromatic heterocycles. The van der Waals surface area contributed by atoms with Gasteiger partial charge in [0.1, 0.15) is 0 Å². The van der Waals surface area contributed by atoms with Crippen molar-refractivity contribution in [3.8, 4) is 0 Å². The lowest BCUT2D eigenvalue weighted by atomic mass is 10.2. The summed E-state index contributed by atoms with van der Waals surface area (Å²) in [5, 5.41) is 13.1. The third-order valence-corrected chi connectivity index (χ3v) is 2.63. The number of hydrogen-bond donors (Lipinski definition) is 2. The van der Waals surface area contributed by atoms with Gasteiger partial charge in [-0.15, -0.1) is 0 Å². The third-order valence-electron chi connectivity index (χ3n) is 2.39. The van der Waals surface area contributed by atoms with Crippen LogP contribution >= 0.6 is 11.6 Å². The first-order chi connectivity index (χ1) is 6.24. The zero-order valence-corrected chi connectivity index (χ0v) is 8.01. The molecule has 0 amide bonds. The minimum absolute atomic E-state index is 0.0648. The standard InChI is InChI=1S/C10H12ClNO/c11-8-2-1-3-9(6-8)12-10(7-13)4-5-10/h1-3,6,12-13H,4-5,7H2. The first kappa shape index (κ1) is 8.85. The minimum atomic E-state index is -0.0648. The van der Waals surface area contributed by atoms with Crippen LogP contribution in [0.15, 0.2) is 24.3 Å². The van der Waals surface area contributed by atoms with Crippen LogP contribution in [0.5, 0.6) is 0 Å². The van der Waals surface area contributed by atoms with Gasteiger partial charge in [-0.2, -0.15) is 0 Å². The molecule has 1 fully saturated rings. The monoisotopic (exact) mass is 197 g/mol. The number of nitrogens with one attached hydrogen (secondary N) is 1. The molecule has 0 atom stereocenters. The number of rotatable bonds is 3. The number of aliphatic hydroxyl groups excluding tert-OH is 1. The quantitative estimate of drug-likeness (QED) is 0.779. The van der Waals surface area contributed by atoms with Gasteiger partial charge in [0, 0.05) is 10.7 Å². The maximum Gasteiger partial charge on any atom is 0.0661 e. The van der Waals surface area contributed by atoms with E-state index in [0.29, 0.717) is 0 Å². The highest BCUT2D eigenvalue weighted by molar-refractivity contribution is 6.30. The molecule has 1 aromatic rings. The van der Waals surface area contributed by atoms with Gasteiger partial charge in [-0.25, -0.2) is 0 Å². The Morgan fingerprint density at radius 1 is 1.46 bits per heavy atom. The summed E-state index contributed by atoms with van der Waals surface area (Å²) in [6.07, 6.45) is 2.08. The largest absolute Gasteiger partial charge is 0.394 e. The highest BCUT2D eigenvalue weighted by Gasteiger charge is 2.41. The van der Waals surface area contributed by atoms with Crippen molar-refractivity contribution in [2.24, 2.45) is 0 Å². The van der Waals surface area contributed by atoms with Gasteiger partial charge in [-0.1, -0.05) is 17.7 Å². The molecule has 0 heterocycles. The molecule has 2 N–H and O–H groups in total. The van der Waals surface area contributed by atoms with Crippen LogP contribution in [-0.4, -0.2) is 17.3 Å². The van der Waals surface area contributed by atoms with Gasteiger partial charge in [-0.05, 0) is 31.0 Å². The molecule has 3 heteroatoms. The topological polar surface area (TPSA) is 32.3 Å². The molecule has 0 saturated heterocycles. The zero-order valence-electron chi connectivity index (χ0n) is 7.26. The molecule has 13 heavy (non-hydrogen) atoms. The molecule has 2 rings (SSSR count). The van der Waals surface area contributed by atoms with E-state index in [-0.39, 0.29) is 12.1 Å². The van der Waals surface area contributed by atoms with Gasteiger partial charge in [-0.3, -0.25) is 0 Å². The Kier molecular flexibility index (Phi) is 2.18. The van der Waals surface area contributed by atoms with Crippen LogP contribution in [0.1, 0.15) is 12.8 Å². The molecule has 0 radical (unpaired) electrons. The summed E-state index contributed by atoms with van der Waals surface area (Å²) in [7, 11) is 0. The van der Waals surface area contributed by atoms with Crippen LogP contribution in [-0.2, 0) is 0 Å². The summed E-state index contributed by atoms with van der Waals surface area (Å²) in [6, 6.07) is 7.57. The van der Waals surface area contributed by atoms with E-state index in [0.717, 1.165) is 23.6 Å². The van der Waals surface area contributed by atoms with E-state index in [1.807, 2.05) is 24.3 Å². The lowest BCUT2D eigenvalue weighted by molar-refractivity contribution is 0.266. The number of benzene rings is 1. The predicted octanol–water partition coefficient (Wildman–Crippen LogP) is 2.28. The number of aliphatic hydroxyl groups is 1. The van der Waals surface area contributed by atoms with Gasteiger partial charge in [0.05, 0.1) is 12.1 Å². The molecule has 0 spiro atoms. The zero-order chi connectivity index (χ0) is 9.31. The maximum absolute atomic E-state index is 9.09. The van der Waals surface area contributed by atoms with Crippen molar-refractivity contribution in [1.29, 1.82) is 0 Å². The van der Waals surface area contributed by atoms with E-state index in [9.17, 15) is 0 Å². The molecule has 1 aliphatic rings. The second kappa shape index (κ2) is 3.20. The average Bonchev–Trinajstić information content (AvgIpc) is 2.86. The van der Waals surface area contributed by atoms with Crippen molar-refractivity contribution in [3.63, 3.8) is 0 Å². The lowest BCUT2D eigenvalue weighted by Gasteiger charge is -2.15. The van der Waals surface area contributed by atoms with E-state index in [1.54, 1.807) is 0 Å². The van der Waals surface area contributed by atoms with Gasteiger partial charge >= 0.3 is 0 Å². The fourth-order valence-electron chi connectivity index (χ4n) is 1.35. The fourth-order valence-corrected chi connectivity index (χ4v) is 1.54. The van der Waals surface area contributed by atoms with Crippen molar-refractivity contribution < 1.29 is 5.11 Å². The Balaban J connectivity index is 2.09. The molecule has 1 aliphatic carbocycles. The van der Waals surface area contributed by atoms with E-state index in [2.05, 4.69) is 5.32 Å². The molecule has 2 nitrogen and oxygen atoms in total. The van der Waals surface area contributed by atoms with Gasteiger partial charge in [0.15, 0.2) is 0 Å². The predicted molar refractivity (Wildman–Crippen MR) is 54.1 cm³/mol. The normalized spacial score (nSPS) is 18.3. The summed E-state index contributed by atoms with van der Waals surface area (Å²) in [6.45, 7) is 0.194. The van der Waals surface area contributed by atoms with Gasteiger partial charge in [0.2, 0.25) is 0 Å². The Bertz CT molecular complexity index is 310. The van der Waals surface area contributed by atoms with E-state index in [4.69, 9.17) is 16.7 Å². The average molecular weight is 198 g/mol. The first-order valence-corrected chi connectivity index (χ1v) is 4.77. The fraction of sp³-hybridized carbons (Fsp3) is 0.400. The van der Waals surface area contributed by atoms with Crippen molar-refractivity contribution in [2.45, 2.75) is 18.4 Å². The molecule has 0 unspecified atom stereocenters. The summed E-state index contributed by atoms with van der Waals surface area (Å²) in [5.74, 6) is 0. The van der Waals surface area contributed by atoms with Crippen LogP contribution in [0.25, 0.3) is 0 Å². The van der Waals surface area contributed by atoms with Crippen LogP contribution < -0.4 is 5.32 Å². The van der Waals surface area contributed by atoms with E-state index >= 15 is 0 Å². The Hall–Kier alpha value is -0.730. The van der Waals surface area contributed by atoms with Crippen LogP contribution in [0.3, 0.4) is 0 Å². The van der Waals surface area contributed by atoms with Crippen molar-refractivity contribution >= 4 is 17.3 Å². The van der Waals surface area contributed by atoms with Gasteiger partial charge in [0.25, 0.3) is 0 Å². The SMILES string of the molecule is OCC1(Nc2cccc(Cl)c2)CC1. The van der Waals surface area contributed by atoms with Crippen LogP contribution in [0, 0.1) is 0 Å². The summed E-state index contributed by atoms with van der Waals surface area (Å²) in [5.41, 5.74) is 0.920. The van der Waals surface area contributed by atoms with Crippen molar-refractivity contribution in [3.05, 3.63) is 29.3 Å². The number of hydrogen-bond acceptors (Lipinski definition) is 2. The highest BCUT2D eigenvalue weighted by atomic mass is 35.5. The summed E-state index contributed by atoms with van der Waals surface area (Å²) in [4.78, 5) is 0. The number of halogens is 1. The second-order valence-corrected chi connectivity index (χ2v) is 4.01. The molecule has 70 valence electrons. The van der Waals surface area contributed by atoms with Crippen LogP contribution in [0.4, 0.5) is 5.69 Å². The summed E-state index contributed by atoms with van der Waals surface area (Å²) >= 11 is 5.83. The Morgan fingerprint density at radius 3 is 2.77 bits per heavy atom. The summed E-state index contributed by atoms with van der Waals surface area (Å²) < 4.78 is 0. The Morgan fingerprint density at radius 2 is 2.23 bits per heavy atom. The molecule has 0 aliphatic heterocycles. The van der Waals surface area contributed by atoms with E-state index < -0.39 is 0 Å². The molecular weight excluding hydrogens is 186 g/mol. The third kappa shape index (κ3) is 1.95. The van der Waals surface area contributed by atoms with Gasteiger partial charge < -0.3 is 10.4 Å². The molecule has 1 saturated carbocycles. The molecular formula is C10H12ClNO. The van der Waals surface area contributed by atoms with Crippen molar-refractivity contribution in [2.75, 3.05) is 11.9 Å². The minimum Gasteiger partial charge on any atom is -0.394 e. The number of anilines is 1. The second-order valence-electron chi connectivity index (χ2n) is 3.57.